The number of amides is 1. The van der Waals surface area contributed by atoms with E-state index >= 15 is 0 Å². The highest BCUT2D eigenvalue weighted by Crippen LogP contribution is 2.37. The molecule has 2 heterocycles. The van der Waals surface area contributed by atoms with Gasteiger partial charge in [0.05, 0.1) is 12.7 Å². The lowest BCUT2D eigenvalue weighted by Gasteiger charge is -2.20. The molecule has 1 N–H and O–H groups in total. The van der Waals surface area contributed by atoms with E-state index in [1.807, 2.05) is 54.1 Å². The summed E-state index contributed by atoms with van der Waals surface area (Å²) in [6.45, 7) is 3.69. The SMILES string of the molecule is C[C@@H](Cn1ncc2ccc3c(c21)OCCO3)NC(=O)OCc1ccccc1. The number of aromatic nitrogens is 2. The van der Waals surface area contributed by atoms with Gasteiger partial charge < -0.3 is 19.5 Å². The van der Waals surface area contributed by atoms with Gasteiger partial charge in [0.15, 0.2) is 11.5 Å². The second-order valence-corrected chi connectivity index (χ2v) is 6.46. The van der Waals surface area contributed by atoms with Gasteiger partial charge in [-0.25, -0.2) is 4.79 Å². The number of carbonyl (C=O) groups excluding carboxylic acids is 1. The maximum Gasteiger partial charge on any atom is 0.407 e. The third-order valence-corrected chi connectivity index (χ3v) is 4.33. The molecule has 7 heteroatoms. The van der Waals surface area contributed by atoms with Crippen LogP contribution in [0.1, 0.15) is 12.5 Å². The molecule has 7 nitrogen and oxygen atoms in total. The summed E-state index contributed by atoms with van der Waals surface area (Å²) in [5.74, 6) is 1.42. The predicted molar refractivity (Wildman–Crippen MR) is 99.9 cm³/mol. The van der Waals surface area contributed by atoms with E-state index in [1.54, 1.807) is 6.20 Å². The Morgan fingerprint density at radius 2 is 2.04 bits per heavy atom. The molecule has 0 spiro atoms. The van der Waals surface area contributed by atoms with Crippen molar-refractivity contribution in [2.45, 2.75) is 26.1 Å². The summed E-state index contributed by atoms with van der Waals surface area (Å²) >= 11 is 0. The minimum atomic E-state index is -0.454. The van der Waals surface area contributed by atoms with Crippen molar-refractivity contribution in [3.63, 3.8) is 0 Å². The molecule has 140 valence electrons. The fraction of sp³-hybridized carbons (Fsp3) is 0.300. The molecule has 0 unspecified atom stereocenters. The van der Waals surface area contributed by atoms with Gasteiger partial charge in [-0.15, -0.1) is 0 Å². The highest BCUT2D eigenvalue weighted by molar-refractivity contribution is 5.87. The zero-order valence-corrected chi connectivity index (χ0v) is 15.1. The van der Waals surface area contributed by atoms with E-state index in [9.17, 15) is 4.79 Å². The van der Waals surface area contributed by atoms with E-state index in [4.69, 9.17) is 14.2 Å². The van der Waals surface area contributed by atoms with Gasteiger partial charge in [-0.05, 0) is 24.6 Å². The molecule has 0 saturated heterocycles. The van der Waals surface area contributed by atoms with Crippen molar-refractivity contribution in [1.29, 1.82) is 0 Å². The fourth-order valence-electron chi connectivity index (χ4n) is 3.09. The van der Waals surface area contributed by atoms with Crippen molar-refractivity contribution in [3.05, 3.63) is 54.2 Å². The topological polar surface area (TPSA) is 74.6 Å². The third-order valence-electron chi connectivity index (χ3n) is 4.33. The molecule has 2 aromatic carbocycles. The summed E-state index contributed by atoms with van der Waals surface area (Å²) in [6, 6.07) is 13.3. The van der Waals surface area contributed by atoms with Crippen LogP contribution in [0.4, 0.5) is 4.79 Å². The molecule has 4 rings (SSSR count). The lowest BCUT2D eigenvalue weighted by molar-refractivity contribution is 0.135. The Bertz CT molecular complexity index is 939. The summed E-state index contributed by atoms with van der Waals surface area (Å²) in [5.41, 5.74) is 1.82. The van der Waals surface area contributed by atoms with Gasteiger partial charge in [0.1, 0.15) is 25.3 Å². The third kappa shape index (κ3) is 3.81. The summed E-state index contributed by atoms with van der Waals surface area (Å²) in [4.78, 5) is 12.0. The molecule has 0 fully saturated rings. The van der Waals surface area contributed by atoms with Gasteiger partial charge in [-0.1, -0.05) is 30.3 Å². The number of fused-ring (bicyclic) bond motifs is 3. The van der Waals surface area contributed by atoms with Crippen LogP contribution in [0.25, 0.3) is 10.9 Å². The second-order valence-electron chi connectivity index (χ2n) is 6.46. The zero-order valence-electron chi connectivity index (χ0n) is 15.1. The molecule has 1 atom stereocenters. The first-order valence-electron chi connectivity index (χ1n) is 8.92. The zero-order chi connectivity index (χ0) is 18.6. The number of nitrogens with one attached hydrogen (secondary N) is 1. The van der Waals surface area contributed by atoms with Crippen LogP contribution in [0, 0.1) is 0 Å². The fourth-order valence-corrected chi connectivity index (χ4v) is 3.09. The van der Waals surface area contributed by atoms with Crippen molar-refractivity contribution in [2.75, 3.05) is 13.2 Å². The molecule has 0 radical (unpaired) electrons. The number of ether oxygens (including phenoxy) is 3. The van der Waals surface area contributed by atoms with Gasteiger partial charge >= 0.3 is 6.09 Å². The van der Waals surface area contributed by atoms with E-state index in [2.05, 4.69) is 10.4 Å². The highest BCUT2D eigenvalue weighted by atomic mass is 16.6. The molecule has 0 bridgehead atoms. The number of benzene rings is 2. The minimum Gasteiger partial charge on any atom is -0.486 e. The van der Waals surface area contributed by atoms with Crippen molar-refractivity contribution in [2.24, 2.45) is 0 Å². The average molecular weight is 367 g/mol. The monoisotopic (exact) mass is 367 g/mol. The Morgan fingerprint density at radius 1 is 1.22 bits per heavy atom. The van der Waals surface area contributed by atoms with Crippen LogP contribution in [-0.2, 0) is 17.9 Å². The summed E-state index contributed by atoms with van der Waals surface area (Å²) in [6.07, 6.45) is 1.33. The summed E-state index contributed by atoms with van der Waals surface area (Å²) in [5, 5.41) is 8.24. The molecule has 3 aromatic rings. The van der Waals surface area contributed by atoms with Crippen LogP contribution in [-0.4, -0.2) is 35.1 Å². The van der Waals surface area contributed by atoms with Crippen LogP contribution < -0.4 is 14.8 Å². The second kappa shape index (κ2) is 7.57. The maximum atomic E-state index is 12.0. The number of nitrogens with zero attached hydrogens (tertiary/aromatic N) is 2. The Kier molecular flexibility index (Phi) is 4.82. The standard InChI is InChI=1S/C20H21N3O4/c1-14(22-20(24)27-13-15-5-3-2-4-6-15)12-23-18-16(11-21-23)7-8-17-19(18)26-10-9-25-17/h2-8,11,14H,9-10,12-13H2,1H3,(H,22,24)/t14-/m0/s1. The van der Waals surface area contributed by atoms with Gasteiger partial charge in [-0.2, -0.15) is 5.10 Å². The van der Waals surface area contributed by atoms with Gasteiger partial charge in [0.25, 0.3) is 0 Å². The predicted octanol–water partition coefficient (Wildman–Crippen LogP) is 3.12. The highest BCUT2D eigenvalue weighted by Gasteiger charge is 2.20. The van der Waals surface area contributed by atoms with E-state index < -0.39 is 6.09 Å². The molecular formula is C20H21N3O4. The van der Waals surface area contributed by atoms with Crippen molar-refractivity contribution in [1.82, 2.24) is 15.1 Å². The van der Waals surface area contributed by atoms with Crippen LogP contribution in [0.15, 0.2) is 48.7 Å². The molecular weight excluding hydrogens is 346 g/mol. The van der Waals surface area contributed by atoms with E-state index in [-0.39, 0.29) is 12.6 Å². The van der Waals surface area contributed by atoms with Crippen molar-refractivity contribution in [3.8, 4) is 11.5 Å². The maximum absolute atomic E-state index is 12.0. The van der Waals surface area contributed by atoms with E-state index in [0.717, 1.165) is 22.2 Å². The molecule has 0 saturated carbocycles. The first-order valence-corrected chi connectivity index (χ1v) is 8.92. The summed E-state index contributed by atoms with van der Waals surface area (Å²) < 4.78 is 18.5. The summed E-state index contributed by atoms with van der Waals surface area (Å²) in [7, 11) is 0. The minimum absolute atomic E-state index is 0.170. The Hall–Kier alpha value is -3.22. The van der Waals surface area contributed by atoms with Crippen molar-refractivity contribution < 1.29 is 19.0 Å². The molecule has 1 aromatic heterocycles. The number of rotatable bonds is 5. The van der Waals surface area contributed by atoms with E-state index in [1.165, 1.54) is 0 Å². The lowest BCUT2D eigenvalue weighted by Crippen LogP contribution is -2.36. The normalized spacial score (nSPS) is 14.0. The Balaban J connectivity index is 1.41. The molecule has 0 aliphatic carbocycles. The quantitative estimate of drug-likeness (QED) is 0.750. The average Bonchev–Trinajstić information content (AvgIpc) is 3.10. The first-order chi connectivity index (χ1) is 13.2. The molecule has 1 aliphatic heterocycles. The first kappa shape index (κ1) is 17.2. The number of hydrogen-bond donors (Lipinski definition) is 1. The molecule has 1 amide bonds. The van der Waals surface area contributed by atoms with Crippen LogP contribution in [0.2, 0.25) is 0 Å². The van der Waals surface area contributed by atoms with Crippen LogP contribution in [0.3, 0.4) is 0 Å². The van der Waals surface area contributed by atoms with Crippen LogP contribution >= 0.6 is 0 Å². The Morgan fingerprint density at radius 3 is 2.89 bits per heavy atom. The van der Waals surface area contributed by atoms with Crippen molar-refractivity contribution >= 4 is 17.0 Å². The molecule has 1 aliphatic rings. The largest absolute Gasteiger partial charge is 0.486 e. The molecule has 27 heavy (non-hydrogen) atoms. The van der Waals surface area contributed by atoms with Crippen LogP contribution in [0.5, 0.6) is 11.5 Å². The number of alkyl carbamates (subject to hydrolysis) is 1. The lowest BCUT2D eigenvalue weighted by atomic mass is 10.2. The van der Waals surface area contributed by atoms with E-state index in [0.29, 0.717) is 25.5 Å². The number of hydrogen-bond acceptors (Lipinski definition) is 5. The Labute approximate surface area is 156 Å². The van der Waals surface area contributed by atoms with Gasteiger partial charge in [0.2, 0.25) is 0 Å². The number of carbonyl (C=O) groups is 1. The van der Waals surface area contributed by atoms with Gasteiger partial charge in [-0.3, -0.25) is 4.68 Å². The smallest absolute Gasteiger partial charge is 0.407 e. The van der Waals surface area contributed by atoms with Gasteiger partial charge in [0, 0.05) is 11.4 Å².